The second kappa shape index (κ2) is 8.33. The molecule has 1 aliphatic carbocycles. The maximum Gasteiger partial charge on any atom is 0.161 e. The van der Waals surface area contributed by atoms with Crippen LogP contribution in [0.15, 0.2) is 42.5 Å². The van der Waals surface area contributed by atoms with Gasteiger partial charge in [0.25, 0.3) is 0 Å². The highest BCUT2D eigenvalue weighted by atomic mass is 19.1. The van der Waals surface area contributed by atoms with Crippen LogP contribution in [-0.2, 0) is 6.54 Å². The number of hydrogen-bond donors (Lipinski definition) is 1. The van der Waals surface area contributed by atoms with Crippen molar-refractivity contribution in [3.63, 3.8) is 0 Å². The molecule has 0 unspecified atom stereocenters. The molecule has 0 aromatic heterocycles. The minimum atomic E-state index is -0.630. The summed E-state index contributed by atoms with van der Waals surface area (Å²) in [5.41, 5.74) is 1.44. The molecule has 3 atom stereocenters. The summed E-state index contributed by atoms with van der Waals surface area (Å²) >= 11 is 0. The van der Waals surface area contributed by atoms with Crippen molar-refractivity contribution in [3.05, 3.63) is 59.4 Å². The van der Waals surface area contributed by atoms with Crippen LogP contribution in [0.5, 0.6) is 11.5 Å². The molecule has 0 radical (unpaired) electrons. The van der Waals surface area contributed by atoms with Gasteiger partial charge in [-0.1, -0.05) is 31.0 Å². The summed E-state index contributed by atoms with van der Waals surface area (Å²) in [7, 11) is 3.28. The number of piperidine rings is 1. The number of fused-ring (bicyclic) bond motifs is 1. The maximum atomic E-state index is 13.8. The Morgan fingerprint density at radius 3 is 2.66 bits per heavy atom. The smallest absolute Gasteiger partial charge is 0.161 e. The fraction of sp³-hybridized carbons (Fsp3) is 0.500. The first-order chi connectivity index (χ1) is 14.0. The molecule has 4 nitrogen and oxygen atoms in total. The van der Waals surface area contributed by atoms with Crippen LogP contribution in [0.3, 0.4) is 0 Å². The molecule has 2 aromatic rings. The molecule has 1 saturated heterocycles. The molecule has 4 rings (SSSR count). The Labute approximate surface area is 172 Å². The van der Waals surface area contributed by atoms with Gasteiger partial charge in [0.1, 0.15) is 5.82 Å². The summed E-state index contributed by atoms with van der Waals surface area (Å²) < 4.78 is 24.7. The quantitative estimate of drug-likeness (QED) is 0.791. The average molecular weight is 400 g/mol. The van der Waals surface area contributed by atoms with Crippen molar-refractivity contribution in [2.45, 2.75) is 50.3 Å². The Hall–Kier alpha value is -2.11. The third-order valence-electron chi connectivity index (χ3n) is 6.70. The van der Waals surface area contributed by atoms with Gasteiger partial charge in [-0.25, -0.2) is 4.39 Å². The second-order valence-electron chi connectivity index (χ2n) is 8.37. The first kappa shape index (κ1) is 20.2. The van der Waals surface area contributed by atoms with E-state index in [-0.39, 0.29) is 17.8 Å². The van der Waals surface area contributed by atoms with Gasteiger partial charge in [0, 0.05) is 25.0 Å². The van der Waals surface area contributed by atoms with Crippen molar-refractivity contribution in [1.82, 2.24) is 4.90 Å². The van der Waals surface area contributed by atoms with Gasteiger partial charge in [0.2, 0.25) is 0 Å². The molecule has 1 heterocycles. The van der Waals surface area contributed by atoms with Crippen LogP contribution in [0.4, 0.5) is 4.39 Å². The number of nitrogens with zero attached hydrogens (tertiary/aromatic N) is 1. The van der Waals surface area contributed by atoms with E-state index in [1.165, 1.54) is 6.07 Å². The Morgan fingerprint density at radius 1 is 1.07 bits per heavy atom. The lowest BCUT2D eigenvalue weighted by Gasteiger charge is -2.53. The molecule has 1 saturated carbocycles. The van der Waals surface area contributed by atoms with E-state index in [0.29, 0.717) is 18.0 Å². The number of hydrogen-bond acceptors (Lipinski definition) is 4. The minimum absolute atomic E-state index is 0.0529. The molecular weight excluding hydrogens is 369 g/mol. The van der Waals surface area contributed by atoms with Crippen molar-refractivity contribution in [2.24, 2.45) is 5.92 Å². The standard InChI is InChI=1S/C24H30FNO3/c1-28-21-10-9-18(15-22(21)29-2)23-20-8-3-4-11-24(20,27)12-13-26(23)16-17-6-5-7-19(25)14-17/h5-7,9-10,14-15,20,23,27H,3-4,8,11-13,16H2,1-2H3/t20-,23+,24-/m0/s1. The largest absolute Gasteiger partial charge is 0.493 e. The summed E-state index contributed by atoms with van der Waals surface area (Å²) in [6, 6.07) is 12.9. The minimum Gasteiger partial charge on any atom is -0.493 e. The van der Waals surface area contributed by atoms with E-state index in [1.807, 2.05) is 18.2 Å². The molecule has 1 N–H and O–H groups in total. The number of ether oxygens (including phenoxy) is 2. The van der Waals surface area contributed by atoms with Gasteiger partial charge in [0.15, 0.2) is 11.5 Å². The predicted molar refractivity (Wildman–Crippen MR) is 111 cm³/mol. The first-order valence-corrected chi connectivity index (χ1v) is 10.5. The molecule has 2 fully saturated rings. The number of benzene rings is 2. The zero-order valence-electron chi connectivity index (χ0n) is 17.2. The number of likely N-dealkylation sites (tertiary alicyclic amines) is 1. The highest BCUT2D eigenvalue weighted by Gasteiger charge is 2.48. The van der Waals surface area contributed by atoms with Gasteiger partial charge >= 0.3 is 0 Å². The van der Waals surface area contributed by atoms with Crippen LogP contribution < -0.4 is 9.47 Å². The monoisotopic (exact) mass is 399 g/mol. The number of rotatable bonds is 5. The van der Waals surface area contributed by atoms with Gasteiger partial charge in [-0.3, -0.25) is 4.90 Å². The van der Waals surface area contributed by atoms with Gasteiger partial charge in [-0.2, -0.15) is 0 Å². The SMILES string of the molecule is COc1ccc([C@@H]2[C@@H]3CCCC[C@]3(O)CCN2Cc2cccc(F)c2)cc1OC. The Balaban J connectivity index is 1.72. The molecule has 2 aliphatic rings. The lowest BCUT2D eigenvalue weighted by atomic mass is 9.66. The fourth-order valence-electron chi connectivity index (χ4n) is 5.27. The predicted octanol–water partition coefficient (Wildman–Crippen LogP) is 4.71. The molecule has 2 aromatic carbocycles. The molecule has 156 valence electrons. The maximum absolute atomic E-state index is 13.8. The molecular formula is C24H30FNO3. The Bertz CT molecular complexity index is 858. The van der Waals surface area contributed by atoms with E-state index >= 15 is 0 Å². The highest BCUT2D eigenvalue weighted by molar-refractivity contribution is 5.44. The topological polar surface area (TPSA) is 41.9 Å². The van der Waals surface area contributed by atoms with Crippen molar-refractivity contribution in [1.29, 1.82) is 0 Å². The Morgan fingerprint density at radius 2 is 1.90 bits per heavy atom. The van der Waals surface area contributed by atoms with Gasteiger partial charge in [0.05, 0.1) is 19.8 Å². The Kier molecular flexibility index (Phi) is 5.79. The molecule has 29 heavy (non-hydrogen) atoms. The first-order valence-electron chi connectivity index (χ1n) is 10.5. The fourth-order valence-corrected chi connectivity index (χ4v) is 5.27. The second-order valence-corrected chi connectivity index (χ2v) is 8.37. The summed E-state index contributed by atoms with van der Waals surface area (Å²) in [6.45, 7) is 1.44. The van der Waals surface area contributed by atoms with Crippen molar-refractivity contribution in [2.75, 3.05) is 20.8 Å². The van der Waals surface area contributed by atoms with Crippen LogP contribution in [0.25, 0.3) is 0 Å². The third-order valence-corrected chi connectivity index (χ3v) is 6.70. The number of halogens is 1. The molecule has 0 amide bonds. The molecule has 0 spiro atoms. The molecule has 0 bridgehead atoms. The molecule has 1 aliphatic heterocycles. The third kappa shape index (κ3) is 3.99. The van der Waals surface area contributed by atoms with E-state index in [2.05, 4.69) is 11.0 Å². The summed E-state index contributed by atoms with van der Waals surface area (Å²) in [6.07, 6.45) is 4.82. The van der Waals surface area contributed by atoms with Crippen LogP contribution in [0, 0.1) is 11.7 Å². The van der Waals surface area contributed by atoms with E-state index in [4.69, 9.17) is 9.47 Å². The van der Waals surface area contributed by atoms with Crippen molar-refractivity contribution < 1.29 is 19.0 Å². The van der Waals surface area contributed by atoms with Crippen molar-refractivity contribution in [3.8, 4) is 11.5 Å². The number of aliphatic hydroxyl groups is 1. The van der Waals surface area contributed by atoms with Crippen LogP contribution >= 0.6 is 0 Å². The lowest BCUT2D eigenvalue weighted by Crippen LogP contribution is -2.54. The van der Waals surface area contributed by atoms with E-state index in [0.717, 1.165) is 49.8 Å². The average Bonchev–Trinajstić information content (AvgIpc) is 2.73. The van der Waals surface area contributed by atoms with E-state index < -0.39 is 5.60 Å². The van der Waals surface area contributed by atoms with Crippen molar-refractivity contribution >= 4 is 0 Å². The van der Waals surface area contributed by atoms with Crippen LogP contribution in [0.2, 0.25) is 0 Å². The van der Waals surface area contributed by atoms with Gasteiger partial charge in [-0.15, -0.1) is 0 Å². The zero-order chi connectivity index (χ0) is 20.4. The lowest BCUT2D eigenvalue weighted by molar-refractivity contribution is -0.126. The number of methoxy groups -OCH3 is 2. The normalized spacial score (nSPS) is 27.3. The van der Waals surface area contributed by atoms with Crippen LogP contribution in [-0.4, -0.2) is 36.4 Å². The summed E-state index contributed by atoms with van der Waals surface area (Å²) in [5.74, 6) is 1.33. The van der Waals surface area contributed by atoms with Gasteiger partial charge in [-0.05, 0) is 54.7 Å². The zero-order valence-corrected chi connectivity index (χ0v) is 17.2. The molecule has 5 heteroatoms. The van der Waals surface area contributed by atoms with E-state index in [9.17, 15) is 9.50 Å². The summed E-state index contributed by atoms with van der Waals surface area (Å²) in [5, 5.41) is 11.4. The summed E-state index contributed by atoms with van der Waals surface area (Å²) in [4.78, 5) is 2.39. The highest BCUT2D eigenvalue weighted by Crippen LogP contribution is 2.50. The van der Waals surface area contributed by atoms with E-state index in [1.54, 1.807) is 26.4 Å². The van der Waals surface area contributed by atoms with Gasteiger partial charge < -0.3 is 14.6 Å². The van der Waals surface area contributed by atoms with Crippen LogP contribution in [0.1, 0.15) is 49.3 Å².